The molecule has 0 aromatic heterocycles. The van der Waals surface area contributed by atoms with Crippen LogP contribution in [0.4, 0.5) is 4.79 Å². The largest absolute Gasteiger partial charge is 0.535 e. The fourth-order valence-electron chi connectivity index (χ4n) is 0.938. The van der Waals surface area contributed by atoms with E-state index in [1.54, 1.807) is 20.8 Å². The van der Waals surface area contributed by atoms with Crippen molar-refractivity contribution in [3.8, 4) is 0 Å². The Morgan fingerprint density at radius 2 is 1.88 bits per heavy atom. The van der Waals surface area contributed by atoms with Crippen LogP contribution < -0.4 is 0 Å². The van der Waals surface area contributed by atoms with Gasteiger partial charge in [0.15, 0.2) is 0 Å². The van der Waals surface area contributed by atoms with Gasteiger partial charge in [-0.1, -0.05) is 35.5 Å². The van der Waals surface area contributed by atoms with Crippen LogP contribution in [0.3, 0.4) is 0 Å². The van der Waals surface area contributed by atoms with Gasteiger partial charge in [0.05, 0.1) is 6.21 Å². The molecule has 86 valence electrons. The number of hydrogen-bond donors (Lipinski definition) is 0. The fraction of sp³-hybridized carbons (Fsp3) is 0.333. The molecule has 4 heteroatoms. The average molecular weight is 221 g/mol. The van der Waals surface area contributed by atoms with Gasteiger partial charge in [-0.05, 0) is 26.3 Å². The second-order valence-electron chi connectivity index (χ2n) is 4.20. The number of oxime groups is 1. The molecule has 0 aliphatic heterocycles. The van der Waals surface area contributed by atoms with Gasteiger partial charge in [0.2, 0.25) is 0 Å². The molecule has 1 rings (SSSR count). The van der Waals surface area contributed by atoms with Crippen LogP contribution in [0.2, 0.25) is 0 Å². The molecule has 4 nitrogen and oxygen atoms in total. The Balaban J connectivity index is 2.41. The fourth-order valence-corrected chi connectivity index (χ4v) is 0.938. The summed E-state index contributed by atoms with van der Waals surface area (Å²) in [5, 5.41) is 3.53. The molecule has 0 fully saturated rings. The van der Waals surface area contributed by atoms with Crippen LogP contribution in [-0.2, 0) is 9.57 Å². The van der Waals surface area contributed by atoms with Crippen molar-refractivity contribution in [2.24, 2.45) is 5.16 Å². The lowest BCUT2D eigenvalue weighted by Gasteiger charge is -2.16. The number of benzene rings is 1. The highest BCUT2D eigenvalue weighted by Gasteiger charge is 2.17. The van der Waals surface area contributed by atoms with Crippen molar-refractivity contribution < 1.29 is 14.4 Å². The van der Waals surface area contributed by atoms with Crippen LogP contribution in [0.15, 0.2) is 35.5 Å². The molecule has 1 aromatic rings. The molecule has 0 saturated carbocycles. The van der Waals surface area contributed by atoms with Crippen molar-refractivity contribution in [3.63, 3.8) is 0 Å². The highest BCUT2D eigenvalue weighted by atomic mass is 16.8. The predicted molar refractivity (Wildman–Crippen MR) is 61.4 cm³/mol. The SMILES string of the molecule is CC(C)(C)OC(=O)O/N=C/c1ccccc1. The van der Waals surface area contributed by atoms with E-state index in [-0.39, 0.29) is 0 Å². The Labute approximate surface area is 94.9 Å². The smallest absolute Gasteiger partial charge is 0.427 e. The highest BCUT2D eigenvalue weighted by molar-refractivity contribution is 5.79. The lowest BCUT2D eigenvalue weighted by atomic mass is 10.2. The second-order valence-corrected chi connectivity index (χ2v) is 4.20. The van der Waals surface area contributed by atoms with Crippen molar-refractivity contribution >= 4 is 12.4 Å². The van der Waals surface area contributed by atoms with E-state index in [1.807, 2.05) is 30.3 Å². The van der Waals surface area contributed by atoms with Gasteiger partial charge in [-0.3, -0.25) is 4.84 Å². The Bertz CT molecular complexity index is 366. The van der Waals surface area contributed by atoms with Crippen LogP contribution in [0.5, 0.6) is 0 Å². The van der Waals surface area contributed by atoms with Crippen LogP contribution in [0.1, 0.15) is 26.3 Å². The summed E-state index contributed by atoms with van der Waals surface area (Å²) in [5.74, 6) is 0. The molecule has 0 heterocycles. The number of hydrogen-bond acceptors (Lipinski definition) is 4. The standard InChI is InChI=1S/C12H15NO3/c1-12(2,3)15-11(14)16-13-9-10-7-5-4-6-8-10/h4-9H,1-3H3/b13-9+. The molecule has 0 aliphatic carbocycles. The second kappa shape index (κ2) is 5.30. The van der Waals surface area contributed by atoms with E-state index in [4.69, 9.17) is 4.74 Å². The van der Waals surface area contributed by atoms with Crippen molar-refractivity contribution in [2.75, 3.05) is 0 Å². The first-order valence-corrected chi connectivity index (χ1v) is 4.96. The quantitative estimate of drug-likeness (QED) is 0.334. The molecule has 0 atom stereocenters. The maximum Gasteiger partial charge on any atom is 0.535 e. The molecule has 0 unspecified atom stereocenters. The van der Waals surface area contributed by atoms with Gasteiger partial charge in [-0.15, -0.1) is 0 Å². The number of rotatable bonds is 2. The molecule has 1 aromatic carbocycles. The average Bonchev–Trinajstić information content (AvgIpc) is 2.16. The summed E-state index contributed by atoms with van der Waals surface area (Å²) in [6.07, 6.45) is 0.642. The van der Waals surface area contributed by atoms with E-state index >= 15 is 0 Å². The van der Waals surface area contributed by atoms with Crippen LogP contribution >= 0.6 is 0 Å². The van der Waals surface area contributed by atoms with Crippen molar-refractivity contribution in [2.45, 2.75) is 26.4 Å². The molecule has 0 radical (unpaired) electrons. The van der Waals surface area contributed by atoms with Gasteiger partial charge in [0.1, 0.15) is 5.60 Å². The molecule has 0 N–H and O–H groups in total. The third-order valence-electron chi connectivity index (χ3n) is 1.52. The number of carbonyl (C=O) groups excluding carboxylic acids is 1. The van der Waals surface area contributed by atoms with Gasteiger partial charge < -0.3 is 4.74 Å². The molecule has 0 aliphatic rings. The normalized spacial score (nSPS) is 11.4. The van der Waals surface area contributed by atoms with Gasteiger partial charge in [0.25, 0.3) is 0 Å². The zero-order valence-electron chi connectivity index (χ0n) is 9.64. The molecular weight excluding hydrogens is 206 g/mol. The molecule has 0 amide bonds. The van der Waals surface area contributed by atoms with Gasteiger partial charge in [-0.2, -0.15) is 0 Å². The molecule has 16 heavy (non-hydrogen) atoms. The third-order valence-corrected chi connectivity index (χ3v) is 1.52. The van der Waals surface area contributed by atoms with Gasteiger partial charge >= 0.3 is 6.16 Å². The molecule has 0 spiro atoms. The van der Waals surface area contributed by atoms with E-state index in [0.717, 1.165) is 5.56 Å². The van der Waals surface area contributed by atoms with E-state index < -0.39 is 11.8 Å². The van der Waals surface area contributed by atoms with Crippen LogP contribution in [0, 0.1) is 0 Å². The summed E-state index contributed by atoms with van der Waals surface area (Å²) in [5.41, 5.74) is 0.283. The van der Waals surface area contributed by atoms with E-state index in [9.17, 15) is 4.79 Å². The first-order valence-electron chi connectivity index (χ1n) is 4.96. The van der Waals surface area contributed by atoms with Crippen LogP contribution in [0.25, 0.3) is 0 Å². The Kier molecular flexibility index (Phi) is 4.05. The molecule has 0 saturated heterocycles. The minimum absolute atomic E-state index is 0.570. The third kappa shape index (κ3) is 5.14. The van der Waals surface area contributed by atoms with Crippen molar-refractivity contribution in [1.29, 1.82) is 0 Å². The maximum absolute atomic E-state index is 11.1. The minimum Gasteiger partial charge on any atom is -0.427 e. The van der Waals surface area contributed by atoms with Crippen molar-refractivity contribution in [3.05, 3.63) is 35.9 Å². The first-order chi connectivity index (χ1) is 7.47. The predicted octanol–water partition coefficient (Wildman–Crippen LogP) is 2.97. The van der Waals surface area contributed by atoms with Gasteiger partial charge in [-0.25, -0.2) is 4.79 Å². The zero-order chi connectivity index (χ0) is 12.0. The van der Waals surface area contributed by atoms with Gasteiger partial charge in [0, 0.05) is 0 Å². The summed E-state index contributed by atoms with van der Waals surface area (Å²) < 4.78 is 4.90. The molecular formula is C12H15NO3. The molecule has 0 bridgehead atoms. The minimum atomic E-state index is -0.806. The van der Waals surface area contributed by atoms with E-state index in [0.29, 0.717) is 0 Å². The topological polar surface area (TPSA) is 47.9 Å². The summed E-state index contributed by atoms with van der Waals surface area (Å²) in [6, 6.07) is 9.33. The lowest BCUT2D eigenvalue weighted by Crippen LogP contribution is -2.23. The Morgan fingerprint density at radius 1 is 1.25 bits per heavy atom. The van der Waals surface area contributed by atoms with Crippen molar-refractivity contribution in [1.82, 2.24) is 0 Å². The Hall–Kier alpha value is -1.84. The number of nitrogens with zero attached hydrogens (tertiary/aromatic N) is 1. The Morgan fingerprint density at radius 3 is 2.44 bits per heavy atom. The summed E-state index contributed by atoms with van der Waals surface area (Å²) in [7, 11) is 0. The maximum atomic E-state index is 11.1. The number of carbonyl (C=O) groups is 1. The lowest BCUT2D eigenvalue weighted by molar-refractivity contribution is -0.00590. The summed E-state index contributed by atoms with van der Waals surface area (Å²) in [4.78, 5) is 15.6. The first kappa shape index (κ1) is 12.2. The zero-order valence-corrected chi connectivity index (χ0v) is 9.64. The van der Waals surface area contributed by atoms with Crippen LogP contribution in [-0.4, -0.2) is 18.0 Å². The summed E-state index contributed by atoms with van der Waals surface area (Å²) in [6.45, 7) is 5.28. The van der Waals surface area contributed by atoms with E-state index in [2.05, 4.69) is 9.99 Å². The number of ether oxygens (including phenoxy) is 1. The summed E-state index contributed by atoms with van der Waals surface area (Å²) >= 11 is 0. The monoisotopic (exact) mass is 221 g/mol. The highest BCUT2D eigenvalue weighted by Crippen LogP contribution is 2.08. The van der Waals surface area contributed by atoms with E-state index in [1.165, 1.54) is 6.21 Å².